The van der Waals surface area contributed by atoms with Gasteiger partial charge in [0.2, 0.25) is 0 Å². The van der Waals surface area contributed by atoms with E-state index in [0.29, 0.717) is 19.8 Å². The van der Waals surface area contributed by atoms with Gasteiger partial charge in [0.1, 0.15) is 0 Å². The fraction of sp³-hybridized carbons (Fsp3) is 0.500. The molecule has 154 valence electrons. The Kier molecular flexibility index (Phi) is 11.1. The van der Waals surface area contributed by atoms with Gasteiger partial charge in [-0.3, -0.25) is 0 Å². The first-order valence-corrected chi connectivity index (χ1v) is 12.6. The van der Waals surface area contributed by atoms with E-state index >= 15 is 0 Å². The van der Waals surface area contributed by atoms with Gasteiger partial charge in [-0.15, -0.1) is 0 Å². The molecule has 0 spiro atoms. The average Bonchev–Trinajstić information content (AvgIpc) is 2.76. The Morgan fingerprint density at radius 2 is 1.14 bits per heavy atom. The molecule has 0 radical (unpaired) electrons. The molecule has 0 amide bonds. The lowest BCUT2D eigenvalue weighted by molar-refractivity contribution is 0.0918. The summed E-state index contributed by atoms with van der Waals surface area (Å²) in [5.41, 5.74) is 0. The largest absolute Gasteiger partial charge is 0.407 e. The highest BCUT2D eigenvalue weighted by molar-refractivity contribution is 6.92. The molecule has 0 N–H and O–H groups in total. The summed E-state index contributed by atoms with van der Waals surface area (Å²) in [6.07, 6.45) is 7.51. The summed E-state index contributed by atoms with van der Waals surface area (Å²) in [5.74, 6) is 0. The Bertz CT molecular complexity index is 579. The third-order valence-corrected chi connectivity index (χ3v) is 8.26. The highest BCUT2D eigenvalue weighted by atomic mass is 28.4. The summed E-state index contributed by atoms with van der Waals surface area (Å²) in [6.45, 7) is 6.83. The van der Waals surface area contributed by atoms with Gasteiger partial charge in [0, 0.05) is 13.2 Å². The van der Waals surface area contributed by atoms with Crippen LogP contribution in [0.5, 0.6) is 0 Å². The van der Waals surface area contributed by atoms with Gasteiger partial charge in [0.15, 0.2) is 0 Å². The van der Waals surface area contributed by atoms with Crippen LogP contribution >= 0.6 is 0 Å². The minimum absolute atomic E-state index is 0.542. The van der Waals surface area contributed by atoms with Crippen LogP contribution in [-0.4, -0.2) is 35.0 Å². The second kappa shape index (κ2) is 13.7. The van der Waals surface area contributed by atoms with Crippen molar-refractivity contribution in [1.82, 2.24) is 0 Å². The third-order valence-electron chi connectivity index (χ3n) is 4.85. The molecule has 0 aliphatic rings. The van der Waals surface area contributed by atoms with E-state index in [0.717, 1.165) is 23.4 Å². The molecule has 0 fully saturated rings. The second-order valence-electron chi connectivity index (χ2n) is 7.01. The van der Waals surface area contributed by atoms with Crippen molar-refractivity contribution in [3.63, 3.8) is 0 Å². The molecule has 28 heavy (non-hydrogen) atoms. The molecule has 3 nitrogen and oxygen atoms in total. The van der Waals surface area contributed by atoms with Crippen LogP contribution in [0.1, 0.15) is 52.4 Å². The van der Waals surface area contributed by atoms with E-state index < -0.39 is 8.56 Å². The van der Waals surface area contributed by atoms with E-state index in [2.05, 4.69) is 55.5 Å². The van der Waals surface area contributed by atoms with Crippen LogP contribution in [0.15, 0.2) is 60.7 Å². The summed E-state index contributed by atoms with van der Waals surface area (Å²) < 4.78 is 18.7. The maximum Gasteiger partial charge on any atom is 0.407 e. The molecule has 0 saturated carbocycles. The van der Waals surface area contributed by atoms with Gasteiger partial charge in [-0.05, 0) is 23.7 Å². The molecule has 2 aromatic carbocycles. The van der Waals surface area contributed by atoms with Gasteiger partial charge in [0.05, 0.1) is 13.2 Å². The summed E-state index contributed by atoms with van der Waals surface area (Å²) in [6, 6.07) is 20.9. The summed E-state index contributed by atoms with van der Waals surface area (Å²) >= 11 is 0. The molecule has 4 heteroatoms. The first-order chi connectivity index (χ1) is 13.8. The zero-order valence-corrected chi connectivity index (χ0v) is 18.6. The summed E-state index contributed by atoms with van der Waals surface area (Å²) in [7, 11) is -2.75. The number of rotatable bonds is 15. The predicted octanol–water partition coefficient (Wildman–Crippen LogP) is 4.67. The zero-order valence-electron chi connectivity index (χ0n) is 17.6. The van der Waals surface area contributed by atoms with Crippen LogP contribution in [0.25, 0.3) is 0 Å². The number of hydrogen-bond acceptors (Lipinski definition) is 3. The summed E-state index contributed by atoms with van der Waals surface area (Å²) in [5, 5.41) is 2.31. The van der Waals surface area contributed by atoms with Gasteiger partial charge in [-0.2, -0.15) is 0 Å². The van der Waals surface area contributed by atoms with Crippen molar-refractivity contribution in [3.05, 3.63) is 60.7 Å². The molecular formula is C24H36O3Si. The van der Waals surface area contributed by atoms with Crippen LogP contribution in [0, 0.1) is 0 Å². The Hall–Kier alpha value is -1.46. The summed E-state index contributed by atoms with van der Waals surface area (Å²) in [4.78, 5) is 0. The molecule has 2 rings (SSSR count). The highest BCUT2D eigenvalue weighted by Crippen LogP contribution is 2.13. The molecule has 0 unspecified atom stereocenters. The minimum atomic E-state index is -2.75. The number of ether oxygens (including phenoxy) is 1. The third kappa shape index (κ3) is 7.17. The average molecular weight is 401 g/mol. The molecule has 0 aliphatic heterocycles. The van der Waals surface area contributed by atoms with E-state index in [4.69, 9.17) is 13.6 Å². The molecule has 0 aromatic heterocycles. The van der Waals surface area contributed by atoms with Crippen molar-refractivity contribution in [3.8, 4) is 0 Å². The normalized spacial score (nSPS) is 11.6. The van der Waals surface area contributed by atoms with Gasteiger partial charge in [0.25, 0.3) is 0 Å². The monoisotopic (exact) mass is 400 g/mol. The van der Waals surface area contributed by atoms with Crippen LogP contribution in [0.3, 0.4) is 0 Å². The standard InChI is InChI=1S/C24H36O3Si/c1-3-5-6-7-8-15-20-26-28(27-22-21-25-4-2,23-16-11-9-12-17-23)24-18-13-10-14-19-24/h9-14,16-19H,3-8,15,20-22H2,1-2H3. The van der Waals surface area contributed by atoms with Crippen molar-refractivity contribution >= 4 is 18.9 Å². The Morgan fingerprint density at radius 1 is 0.607 bits per heavy atom. The fourth-order valence-electron chi connectivity index (χ4n) is 3.34. The molecule has 0 saturated heterocycles. The maximum atomic E-state index is 6.65. The Morgan fingerprint density at radius 3 is 1.71 bits per heavy atom. The van der Waals surface area contributed by atoms with Crippen LogP contribution in [0.2, 0.25) is 0 Å². The Balaban J connectivity index is 2.14. The van der Waals surface area contributed by atoms with Crippen molar-refractivity contribution < 1.29 is 13.6 Å². The Labute approximate surface area is 172 Å². The topological polar surface area (TPSA) is 27.7 Å². The van der Waals surface area contributed by atoms with Gasteiger partial charge in [-0.25, -0.2) is 0 Å². The van der Waals surface area contributed by atoms with Crippen LogP contribution < -0.4 is 10.4 Å². The van der Waals surface area contributed by atoms with Crippen molar-refractivity contribution in [2.45, 2.75) is 52.4 Å². The molecule has 0 bridgehead atoms. The number of hydrogen-bond donors (Lipinski definition) is 0. The van der Waals surface area contributed by atoms with Crippen LogP contribution in [-0.2, 0) is 13.6 Å². The minimum Gasteiger partial charge on any atom is -0.388 e. The fourth-order valence-corrected chi connectivity index (χ4v) is 6.49. The zero-order chi connectivity index (χ0) is 19.9. The molecule has 0 heterocycles. The lowest BCUT2D eigenvalue weighted by Gasteiger charge is -2.31. The first-order valence-electron chi connectivity index (χ1n) is 10.8. The molecule has 0 atom stereocenters. The van der Waals surface area contributed by atoms with Crippen molar-refractivity contribution in [2.75, 3.05) is 26.4 Å². The van der Waals surface area contributed by atoms with E-state index in [-0.39, 0.29) is 0 Å². The highest BCUT2D eigenvalue weighted by Gasteiger charge is 2.42. The van der Waals surface area contributed by atoms with E-state index in [1.165, 1.54) is 32.1 Å². The quantitative estimate of drug-likeness (QED) is 0.321. The lowest BCUT2D eigenvalue weighted by atomic mass is 10.1. The maximum absolute atomic E-state index is 6.65. The number of benzene rings is 2. The van der Waals surface area contributed by atoms with Gasteiger partial charge < -0.3 is 13.6 Å². The SMILES string of the molecule is CCCCCCCCO[Si](OCCOCC)(c1ccccc1)c1ccccc1. The molecule has 0 aliphatic carbocycles. The second-order valence-corrected chi connectivity index (χ2v) is 9.98. The van der Waals surface area contributed by atoms with Crippen molar-refractivity contribution in [1.29, 1.82) is 0 Å². The van der Waals surface area contributed by atoms with Gasteiger partial charge >= 0.3 is 8.56 Å². The smallest absolute Gasteiger partial charge is 0.388 e. The van der Waals surface area contributed by atoms with Crippen molar-refractivity contribution in [2.24, 2.45) is 0 Å². The van der Waals surface area contributed by atoms with Gasteiger partial charge in [-0.1, -0.05) is 99.7 Å². The number of unbranched alkanes of at least 4 members (excludes halogenated alkanes) is 5. The van der Waals surface area contributed by atoms with Crippen LogP contribution in [0.4, 0.5) is 0 Å². The lowest BCUT2D eigenvalue weighted by Crippen LogP contribution is -2.63. The van der Waals surface area contributed by atoms with E-state index in [1.807, 2.05) is 19.1 Å². The van der Waals surface area contributed by atoms with E-state index in [1.54, 1.807) is 0 Å². The molecular weight excluding hydrogens is 364 g/mol. The predicted molar refractivity (Wildman–Crippen MR) is 120 cm³/mol. The molecule has 2 aromatic rings. The first kappa shape index (κ1) is 22.8. The van der Waals surface area contributed by atoms with E-state index in [9.17, 15) is 0 Å².